The van der Waals surface area contributed by atoms with E-state index in [9.17, 15) is 8.42 Å². The van der Waals surface area contributed by atoms with Crippen LogP contribution in [0.15, 0.2) is 81.3 Å². The second-order valence-corrected chi connectivity index (χ2v) is 8.02. The van der Waals surface area contributed by atoms with Crippen LogP contribution < -0.4 is 4.83 Å². The van der Waals surface area contributed by atoms with Gasteiger partial charge in [0.05, 0.1) is 16.8 Å². The predicted octanol–water partition coefficient (Wildman–Crippen LogP) is 3.86. The summed E-state index contributed by atoms with van der Waals surface area (Å²) in [7, 11) is -3.68. The van der Waals surface area contributed by atoms with Crippen molar-refractivity contribution in [1.29, 1.82) is 0 Å². The van der Waals surface area contributed by atoms with Crippen molar-refractivity contribution in [2.45, 2.75) is 11.8 Å². The molecule has 1 heterocycles. The van der Waals surface area contributed by atoms with E-state index in [1.54, 1.807) is 24.3 Å². The van der Waals surface area contributed by atoms with Crippen LogP contribution in [0.25, 0.3) is 5.69 Å². The van der Waals surface area contributed by atoms with Crippen molar-refractivity contribution in [3.05, 3.63) is 82.6 Å². The quantitative estimate of drug-likeness (QED) is 0.505. The Bertz CT molecular complexity index is 992. The topological polar surface area (TPSA) is 63.5 Å². The van der Waals surface area contributed by atoms with Gasteiger partial charge in [0.2, 0.25) is 0 Å². The number of sulfonamides is 1. The van der Waals surface area contributed by atoms with Gasteiger partial charge in [-0.2, -0.15) is 13.5 Å². The number of rotatable bonds is 5. The van der Waals surface area contributed by atoms with Crippen LogP contribution in [0, 0.1) is 6.92 Å². The predicted molar refractivity (Wildman–Crippen MR) is 103 cm³/mol. The largest absolute Gasteiger partial charge is 0.316 e. The van der Waals surface area contributed by atoms with Gasteiger partial charge >= 0.3 is 0 Å². The fourth-order valence-corrected chi connectivity index (χ4v) is 3.32. The Balaban J connectivity index is 1.78. The molecule has 3 aromatic rings. The van der Waals surface area contributed by atoms with Crippen molar-refractivity contribution in [3.8, 4) is 5.69 Å². The van der Waals surface area contributed by atoms with Crippen molar-refractivity contribution in [2.75, 3.05) is 0 Å². The van der Waals surface area contributed by atoms with Gasteiger partial charge in [0, 0.05) is 16.4 Å². The summed E-state index contributed by atoms with van der Waals surface area (Å²) in [5, 5.41) is 3.89. The number of halogens is 1. The summed E-state index contributed by atoms with van der Waals surface area (Å²) >= 11 is 3.41. The van der Waals surface area contributed by atoms with Gasteiger partial charge < -0.3 is 4.57 Å². The highest BCUT2D eigenvalue weighted by molar-refractivity contribution is 9.10. The maximum absolute atomic E-state index is 12.2. The fourth-order valence-electron chi connectivity index (χ4n) is 2.27. The van der Waals surface area contributed by atoms with Gasteiger partial charge in [-0.1, -0.05) is 33.6 Å². The molecule has 5 nitrogen and oxygen atoms in total. The summed E-state index contributed by atoms with van der Waals surface area (Å²) in [5.74, 6) is 0. The first kappa shape index (κ1) is 17.4. The van der Waals surface area contributed by atoms with E-state index >= 15 is 0 Å². The lowest BCUT2D eigenvalue weighted by Crippen LogP contribution is -2.18. The molecule has 3 rings (SSSR count). The summed E-state index contributed by atoms with van der Waals surface area (Å²) < 4.78 is 27.4. The van der Waals surface area contributed by atoms with Crippen LogP contribution in [0.1, 0.15) is 11.3 Å². The molecule has 128 valence electrons. The molecule has 0 aliphatic heterocycles. The van der Waals surface area contributed by atoms with Crippen molar-refractivity contribution in [3.63, 3.8) is 0 Å². The summed E-state index contributed by atoms with van der Waals surface area (Å²) in [5.41, 5.74) is 2.71. The average molecular weight is 418 g/mol. The van der Waals surface area contributed by atoms with Crippen LogP contribution in [0.3, 0.4) is 0 Å². The van der Waals surface area contributed by atoms with Crippen LogP contribution in [0.4, 0.5) is 0 Å². The molecular weight excluding hydrogens is 402 g/mol. The first-order valence-corrected chi connectivity index (χ1v) is 9.78. The van der Waals surface area contributed by atoms with Crippen molar-refractivity contribution in [2.24, 2.45) is 5.10 Å². The summed E-state index contributed by atoms with van der Waals surface area (Å²) in [6.07, 6.45) is 3.37. The van der Waals surface area contributed by atoms with Crippen LogP contribution in [0.5, 0.6) is 0 Å². The number of hydrogen-bond donors (Lipinski definition) is 1. The van der Waals surface area contributed by atoms with Crippen LogP contribution in [0.2, 0.25) is 0 Å². The van der Waals surface area contributed by atoms with Gasteiger partial charge in [0.15, 0.2) is 0 Å². The zero-order chi connectivity index (χ0) is 17.9. The monoisotopic (exact) mass is 417 g/mol. The molecular formula is C18H16BrN3O2S. The molecule has 0 unspecified atom stereocenters. The highest BCUT2D eigenvalue weighted by Crippen LogP contribution is 2.16. The number of aromatic nitrogens is 1. The van der Waals surface area contributed by atoms with Gasteiger partial charge in [0.25, 0.3) is 10.0 Å². The van der Waals surface area contributed by atoms with Crippen molar-refractivity contribution in [1.82, 2.24) is 9.40 Å². The molecule has 7 heteroatoms. The SMILES string of the molecule is Cc1ccc(S(=O)(=O)N/N=C/c2cccn2-c2ccc(Br)cc2)cc1. The van der Waals surface area contributed by atoms with E-state index in [0.717, 1.165) is 21.4 Å². The van der Waals surface area contributed by atoms with Crippen molar-refractivity contribution >= 4 is 32.2 Å². The second-order valence-electron chi connectivity index (χ2n) is 5.45. The molecule has 0 saturated carbocycles. The zero-order valence-electron chi connectivity index (χ0n) is 13.4. The molecule has 25 heavy (non-hydrogen) atoms. The molecule has 0 fully saturated rings. The number of nitrogens with one attached hydrogen (secondary N) is 1. The molecule has 0 amide bonds. The first-order valence-electron chi connectivity index (χ1n) is 7.50. The Hall–Kier alpha value is -2.38. The van der Waals surface area contributed by atoms with E-state index in [0.29, 0.717) is 0 Å². The lowest BCUT2D eigenvalue weighted by Gasteiger charge is -2.07. The molecule has 0 aliphatic carbocycles. The van der Waals surface area contributed by atoms with E-state index in [1.807, 2.05) is 54.1 Å². The summed E-state index contributed by atoms with van der Waals surface area (Å²) in [6.45, 7) is 1.90. The summed E-state index contributed by atoms with van der Waals surface area (Å²) in [6, 6.07) is 18.1. The number of hydrogen-bond acceptors (Lipinski definition) is 3. The highest BCUT2D eigenvalue weighted by atomic mass is 79.9. The van der Waals surface area contributed by atoms with E-state index in [2.05, 4.69) is 25.9 Å². The number of aryl methyl sites for hydroxylation is 1. The molecule has 1 N–H and O–H groups in total. The minimum atomic E-state index is -3.68. The van der Waals surface area contributed by atoms with Gasteiger partial charge in [-0.15, -0.1) is 0 Å². The minimum Gasteiger partial charge on any atom is -0.316 e. The lowest BCUT2D eigenvalue weighted by atomic mass is 10.2. The highest BCUT2D eigenvalue weighted by Gasteiger charge is 2.12. The average Bonchev–Trinajstić information content (AvgIpc) is 3.04. The Morgan fingerprint density at radius 1 is 1.04 bits per heavy atom. The first-order chi connectivity index (χ1) is 12.0. The molecule has 1 aromatic heterocycles. The van der Waals surface area contributed by atoms with Gasteiger partial charge in [-0.3, -0.25) is 0 Å². The molecule has 2 aromatic carbocycles. The van der Waals surface area contributed by atoms with Crippen molar-refractivity contribution < 1.29 is 8.42 Å². The van der Waals surface area contributed by atoms with E-state index < -0.39 is 10.0 Å². The van der Waals surface area contributed by atoms with Crippen LogP contribution >= 0.6 is 15.9 Å². The normalized spacial score (nSPS) is 11.8. The Kier molecular flexibility index (Phi) is 5.06. The zero-order valence-corrected chi connectivity index (χ0v) is 15.8. The number of benzene rings is 2. The van der Waals surface area contributed by atoms with E-state index in [1.165, 1.54) is 6.21 Å². The standard InChI is InChI=1S/C18H16BrN3O2S/c1-14-4-10-18(11-5-14)25(23,24)21-20-13-17-3-2-12-22(17)16-8-6-15(19)7-9-16/h2-13,21H,1H3/b20-13+. The lowest BCUT2D eigenvalue weighted by molar-refractivity contribution is 0.584. The molecule has 0 bridgehead atoms. The number of nitrogens with zero attached hydrogens (tertiary/aromatic N) is 2. The summed E-state index contributed by atoms with van der Waals surface area (Å²) in [4.78, 5) is 2.42. The Morgan fingerprint density at radius 3 is 2.40 bits per heavy atom. The third-order valence-electron chi connectivity index (χ3n) is 3.59. The Labute approximate surface area is 155 Å². The molecule has 0 aliphatic rings. The van der Waals surface area contributed by atoms with Gasteiger partial charge in [0.1, 0.15) is 0 Å². The third kappa shape index (κ3) is 4.18. The Morgan fingerprint density at radius 2 is 1.72 bits per heavy atom. The third-order valence-corrected chi connectivity index (χ3v) is 5.35. The fraction of sp³-hybridized carbons (Fsp3) is 0.0556. The van der Waals surface area contributed by atoms with Crippen LogP contribution in [-0.4, -0.2) is 19.2 Å². The minimum absolute atomic E-state index is 0.179. The molecule has 0 spiro atoms. The number of hydrazone groups is 1. The van der Waals surface area contributed by atoms with Gasteiger partial charge in [-0.25, -0.2) is 4.83 Å². The maximum atomic E-state index is 12.2. The molecule has 0 radical (unpaired) electrons. The smallest absolute Gasteiger partial charge is 0.276 e. The van der Waals surface area contributed by atoms with E-state index in [4.69, 9.17) is 0 Å². The van der Waals surface area contributed by atoms with E-state index in [-0.39, 0.29) is 4.90 Å². The van der Waals surface area contributed by atoms with Crippen LogP contribution in [-0.2, 0) is 10.0 Å². The maximum Gasteiger partial charge on any atom is 0.276 e. The molecule has 0 atom stereocenters. The van der Waals surface area contributed by atoms with Gasteiger partial charge in [-0.05, 0) is 55.5 Å². The molecule has 0 saturated heterocycles. The second kappa shape index (κ2) is 7.25.